The van der Waals surface area contributed by atoms with Crippen molar-refractivity contribution in [1.82, 2.24) is 9.78 Å². The first-order valence-electron chi connectivity index (χ1n) is 4.10. The van der Waals surface area contributed by atoms with E-state index in [4.69, 9.17) is 5.26 Å². The second-order valence-corrected chi connectivity index (χ2v) is 3.30. The van der Waals surface area contributed by atoms with Gasteiger partial charge in [-0.05, 0) is 5.92 Å². The number of rotatable bonds is 3. The summed E-state index contributed by atoms with van der Waals surface area (Å²) in [7, 11) is 0. The van der Waals surface area contributed by atoms with Crippen molar-refractivity contribution in [3.63, 3.8) is 0 Å². The Hall–Kier alpha value is -1.30. The molecule has 1 aromatic rings. The maximum atomic E-state index is 8.42. The summed E-state index contributed by atoms with van der Waals surface area (Å²) < 4.78 is 1.89. The molecular weight excluding hydrogens is 150 g/mol. The number of hydrogen-bond donors (Lipinski definition) is 0. The summed E-state index contributed by atoms with van der Waals surface area (Å²) in [5.41, 5.74) is 0.998. The highest BCUT2D eigenvalue weighted by atomic mass is 15.3. The molecule has 1 aromatic heterocycles. The Morgan fingerprint density at radius 2 is 2.42 bits per heavy atom. The average molecular weight is 163 g/mol. The van der Waals surface area contributed by atoms with Crippen LogP contribution in [0.2, 0.25) is 0 Å². The van der Waals surface area contributed by atoms with Gasteiger partial charge < -0.3 is 0 Å². The molecule has 3 heteroatoms. The van der Waals surface area contributed by atoms with Gasteiger partial charge in [0.1, 0.15) is 0 Å². The Balaban J connectivity index is 2.59. The van der Waals surface area contributed by atoms with Crippen LogP contribution in [0.15, 0.2) is 12.4 Å². The van der Waals surface area contributed by atoms with Crippen LogP contribution in [0.25, 0.3) is 0 Å². The Labute approximate surface area is 72.6 Å². The molecule has 0 fully saturated rings. The van der Waals surface area contributed by atoms with Crippen molar-refractivity contribution in [2.75, 3.05) is 0 Å². The maximum Gasteiger partial charge on any atom is 0.0670 e. The molecule has 0 amide bonds. The summed E-state index contributed by atoms with van der Waals surface area (Å²) in [4.78, 5) is 0. The van der Waals surface area contributed by atoms with Crippen LogP contribution >= 0.6 is 0 Å². The molecule has 0 unspecified atom stereocenters. The van der Waals surface area contributed by atoms with Crippen LogP contribution in [-0.4, -0.2) is 9.78 Å². The van der Waals surface area contributed by atoms with Crippen molar-refractivity contribution in [3.8, 4) is 6.07 Å². The normalized spacial score (nSPS) is 10.2. The van der Waals surface area contributed by atoms with Gasteiger partial charge in [0, 0.05) is 18.3 Å². The lowest BCUT2D eigenvalue weighted by Gasteiger charge is -2.02. The summed E-state index contributed by atoms with van der Waals surface area (Å²) in [6.07, 6.45) is 4.15. The van der Waals surface area contributed by atoms with E-state index in [1.54, 1.807) is 6.20 Å². The summed E-state index contributed by atoms with van der Waals surface area (Å²) in [6.45, 7) is 5.21. The molecule has 0 N–H and O–H groups in total. The van der Waals surface area contributed by atoms with Gasteiger partial charge in [-0.2, -0.15) is 10.4 Å². The lowest BCUT2D eigenvalue weighted by Crippen LogP contribution is -2.04. The van der Waals surface area contributed by atoms with Crippen molar-refractivity contribution in [2.24, 2.45) is 5.92 Å². The van der Waals surface area contributed by atoms with Gasteiger partial charge in [-0.3, -0.25) is 4.68 Å². The van der Waals surface area contributed by atoms with E-state index >= 15 is 0 Å². The van der Waals surface area contributed by atoms with Gasteiger partial charge in [0.25, 0.3) is 0 Å². The minimum Gasteiger partial charge on any atom is -0.272 e. The smallest absolute Gasteiger partial charge is 0.0670 e. The monoisotopic (exact) mass is 163 g/mol. The van der Waals surface area contributed by atoms with Gasteiger partial charge >= 0.3 is 0 Å². The zero-order valence-electron chi connectivity index (χ0n) is 7.49. The number of nitrogens with zero attached hydrogens (tertiary/aromatic N) is 3. The SMILES string of the molecule is CC(C)Cn1cc(CC#N)cn1. The standard InChI is InChI=1S/C9H13N3/c1-8(2)6-12-7-9(3-4-10)5-11-12/h5,7-8H,3,6H2,1-2H3. The van der Waals surface area contributed by atoms with Crippen LogP contribution in [0.1, 0.15) is 19.4 Å². The fourth-order valence-electron chi connectivity index (χ4n) is 1.06. The van der Waals surface area contributed by atoms with E-state index in [-0.39, 0.29) is 0 Å². The lowest BCUT2D eigenvalue weighted by molar-refractivity contribution is 0.483. The summed E-state index contributed by atoms with van der Waals surface area (Å²) in [5, 5.41) is 12.6. The van der Waals surface area contributed by atoms with E-state index in [1.165, 1.54) is 0 Å². The van der Waals surface area contributed by atoms with E-state index in [2.05, 4.69) is 25.0 Å². The zero-order valence-corrected chi connectivity index (χ0v) is 7.49. The third-order valence-electron chi connectivity index (χ3n) is 1.52. The van der Waals surface area contributed by atoms with Crippen molar-refractivity contribution < 1.29 is 0 Å². The van der Waals surface area contributed by atoms with Gasteiger partial charge in [-0.15, -0.1) is 0 Å². The molecule has 0 aliphatic rings. The third kappa shape index (κ3) is 2.39. The largest absolute Gasteiger partial charge is 0.272 e. The molecule has 0 spiro atoms. The van der Waals surface area contributed by atoms with E-state index in [0.717, 1.165) is 12.1 Å². The van der Waals surface area contributed by atoms with Crippen LogP contribution in [0.3, 0.4) is 0 Å². The van der Waals surface area contributed by atoms with Crippen molar-refractivity contribution in [3.05, 3.63) is 18.0 Å². The van der Waals surface area contributed by atoms with E-state index < -0.39 is 0 Å². The molecule has 0 atom stereocenters. The topological polar surface area (TPSA) is 41.6 Å². The Bertz CT molecular complexity index is 280. The molecule has 12 heavy (non-hydrogen) atoms. The lowest BCUT2D eigenvalue weighted by atomic mass is 10.2. The molecule has 0 aliphatic heterocycles. The molecule has 0 aromatic carbocycles. The minimum absolute atomic E-state index is 0.456. The van der Waals surface area contributed by atoms with E-state index in [1.807, 2.05) is 10.9 Å². The van der Waals surface area contributed by atoms with Crippen LogP contribution in [0.4, 0.5) is 0 Å². The third-order valence-corrected chi connectivity index (χ3v) is 1.52. The molecule has 0 aliphatic carbocycles. The highest BCUT2D eigenvalue weighted by Gasteiger charge is 1.99. The fraction of sp³-hybridized carbons (Fsp3) is 0.556. The van der Waals surface area contributed by atoms with Gasteiger partial charge in [0.15, 0.2) is 0 Å². The molecule has 3 nitrogen and oxygen atoms in total. The zero-order chi connectivity index (χ0) is 8.97. The van der Waals surface area contributed by atoms with Crippen molar-refractivity contribution in [2.45, 2.75) is 26.8 Å². The second-order valence-electron chi connectivity index (χ2n) is 3.30. The highest BCUT2D eigenvalue weighted by Crippen LogP contribution is 2.01. The molecule has 0 saturated carbocycles. The molecule has 1 heterocycles. The first kappa shape index (κ1) is 8.79. The Morgan fingerprint density at radius 1 is 1.67 bits per heavy atom. The van der Waals surface area contributed by atoms with Crippen molar-refractivity contribution in [1.29, 1.82) is 5.26 Å². The first-order chi connectivity index (χ1) is 5.72. The molecule has 0 radical (unpaired) electrons. The molecule has 1 rings (SSSR count). The number of hydrogen-bond acceptors (Lipinski definition) is 2. The minimum atomic E-state index is 0.456. The molecular formula is C9H13N3. The van der Waals surface area contributed by atoms with Crippen LogP contribution in [0, 0.1) is 17.2 Å². The molecule has 0 saturated heterocycles. The van der Waals surface area contributed by atoms with Crippen LogP contribution in [-0.2, 0) is 13.0 Å². The van der Waals surface area contributed by atoms with Gasteiger partial charge in [0.05, 0.1) is 18.7 Å². The van der Waals surface area contributed by atoms with Crippen LogP contribution in [0.5, 0.6) is 0 Å². The van der Waals surface area contributed by atoms with Gasteiger partial charge in [-0.1, -0.05) is 13.8 Å². The maximum absolute atomic E-state index is 8.42. The Kier molecular flexibility index (Phi) is 2.87. The summed E-state index contributed by atoms with van der Waals surface area (Å²) >= 11 is 0. The Morgan fingerprint density at radius 3 is 3.00 bits per heavy atom. The predicted octanol–water partition coefficient (Wildman–Crippen LogP) is 1.61. The van der Waals surface area contributed by atoms with Gasteiger partial charge in [0.2, 0.25) is 0 Å². The summed E-state index contributed by atoms with van der Waals surface area (Å²) in [5.74, 6) is 0.597. The number of aromatic nitrogens is 2. The van der Waals surface area contributed by atoms with Gasteiger partial charge in [-0.25, -0.2) is 0 Å². The van der Waals surface area contributed by atoms with E-state index in [0.29, 0.717) is 12.3 Å². The summed E-state index contributed by atoms with van der Waals surface area (Å²) in [6, 6.07) is 2.10. The molecule has 64 valence electrons. The second kappa shape index (κ2) is 3.91. The fourth-order valence-corrected chi connectivity index (χ4v) is 1.06. The predicted molar refractivity (Wildman–Crippen MR) is 46.4 cm³/mol. The van der Waals surface area contributed by atoms with Crippen LogP contribution < -0.4 is 0 Å². The van der Waals surface area contributed by atoms with Crippen molar-refractivity contribution >= 4 is 0 Å². The first-order valence-corrected chi connectivity index (χ1v) is 4.10. The quantitative estimate of drug-likeness (QED) is 0.679. The number of nitriles is 1. The average Bonchev–Trinajstić information content (AvgIpc) is 2.36. The van der Waals surface area contributed by atoms with E-state index in [9.17, 15) is 0 Å². The molecule has 0 bridgehead atoms. The highest BCUT2D eigenvalue weighted by molar-refractivity contribution is 5.09.